The number of nitrogens with zero attached hydrogens (tertiary/aromatic N) is 2. The number of hydrogen-bond donors (Lipinski definition) is 2. The summed E-state index contributed by atoms with van der Waals surface area (Å²) in [5.41, 5.74) is -0.552. The van der Waals surface area contributed by atoms with Crippen LogP contribution < -0.4 is 10.6 Å². The number of aromatic nitrogens is 1. The van der Waals surface area contributed by atoms with Gasteiger partial charge in [0.05, 0.1) is 17.0 Å². The summed E-state index contributed by atoms with van der Waals surface area (Å²) in [6, 6.07) is 0.972. The minimum Gasteiger partial charge on any atom is -0.372 e. The average molecular weight is 260 g/mol. The molecule has 9 heteroatoms. The molecule has 0 aliphatic carbocycles. The molecule has 0 saturated heterocycles. The standard InChI is InChI=1S/C9H10F2N4O3/c1-12-8-6(9(16)14-4-7(10)11)2-5(3-13-8)15(17)18/h2-3,7H,4H2,1H3,(H,12,13)(H,14,16). The highest BCUT2D eigenvalue weighted by molar-refractivity contribution is 5.99. The fraction of sp³-hybridized carbons (Fsp3) is 0.333. The van der Waals surface area contributed by atoms with Gasteiger partial charge in [0.15, 0.2) is 0 Å². The van der Waals surface area contributed by atoms with E-state index >= 15 is 0 Å². The second kappa shape index (κ2) is 5.84. The molecule has 2 N–H and O–H groups in total. The number of carbonyl (C=O) groups is 1. The van der Waals surface area contributed by atoms with Crippen molar-refractivity contribution in [1.29, 1.82) is 0 Å². The predicted octanol–water partition coefficient (Wildman–Crippen LogP) is 1.03. The van der Waals surface area contributed by atoms with Gasteiger partial charge in [-0.25, -0.2) is 13.8 Å². The van der Waals surface area contributed by atoms with Gasteiger partial charge < -0.3 is 10.6 Å². The molecule has 98 valence electrons. The largest absolute Gasteiger partial charge is 0.372 e. The molecule has 18 heavy (non-hydrogen) atoms. The minimum absolute atomic E-state index is 0.0763. The highest BCUT2D eigenvalue weighted by atomic mass is 19.3. The van der Waals surface area contributed by atoms with Gasteiger partial charge in [-0.15, -0.1) is 0 Å². The van der Waals surface area contributed by atoms with Gasteiger partial charge in [-0.2, -0.15) is 0 Å². The van der Waals surface area contributed by atoms with E-state index in [4.69, 9.17) is 0 Å². The van der Waals surface area contributed by atoms with E-state index in [1.54, 1.807) is 0 Å². The molecule has 0 aliphatic heterocycles. The van der Waals surface area contributed by atoms with Crippen LogP contribution in [0.15, 0.2) is 12.3 Å². The van der Waals surface area contributed by atoms with Crippen LogP contribution in [0.25, 0.3) is 0 Å². The van der Waals surface area contributed by atoms with E-state index in [1.165, 1.54) is 7.05 Å². The summed E-state index contributed by atoms with van der Waals surface area (Å²) in [5.74, 6) is -0.775. The van der Waals surface area contributed by atoms with Gasteiger partial charge in [-0.05, 0) is 0 Å². The third-order valence-corrected chi connectivity index (χ3v) is 1.98. The summed E-state index contributed by atoms with van der Waals surface area (Å²) >= 11 is 0. The van der Waals surface area contributed by atoms with Crippen LogP contribution in [0, 0.1) is 10.1 Å². The van der Waals surface area contributed by atoms with Gasteiger partial charge in [0.2, 0.25) is 0 Å². The van der Waals surface area contributed by atoms with Crippen LogP contribution in [0.4, 0.5) is 20.3 Å². The van der Waals surface area contributed by atoms with E-state index in [1.807, 2.05) is 5.32 Å². The molecule has 0 radical (unpaired) electrons. The first kappa shape index (κ1) is 13.7. The Labute approximate surface area is 100 Å². The van der Waals surface area contributed by atoms with Gasteiger partial charge in [-0.3, -0.25) is 14.9 Å². The second-order valence-corrected chi connectivity index (χ2v) is 3.20. The van der Waals surface area contributed by atoms with Crippen molar-refractivity contribution in [3.8, 4) is 0 Å². The molecular formula is C9H10F2N4O3. The molecule has 0 fully saturated rings. The summed E-state index contributed by atoms with van der Waals surface area (Å²) < 4.78 is 23.9. The van der Waals surface area contributed by atoms with Crippen molar-refractivity contribution < 1.29 is 18.5 Å². The van der Waals surface area contributed by atoms with Crippen molar-refractivity contribution in [3.63, 3.8) is 0 Å². The lowest BCUT2D eigenvalue weighted by molar-refractivity contribution is -0.385. The maximum absolute atomic E-state index is 11.9. The zero-order valence-electron chi connectivity index (χ0n) is 9.31. The Morgan fingerprint density at radius 1 is 1.61 bits per heavy atom. The van der Waals surface area contributed by atoms with E-state index in [0.29, 0.717) is 0 Å². The number of pyridine rings is 1. The van der Waals surface area contributed by atoms with Gasteiger partial charge in [0.1, 0.15) is 12.0 Å². The quantitative estimate of drug-likeness (QED) is 0.608. The molecule has 1 rings (SSSR count). The lowest BCUT2D eigenvalue weighted by atomic mass is 10.2. The number of alkyl halides is 2. The van der Waals surface area contributed by atoms with Gasteiger partial charge in [0, 0.05) is 13.1 Å². The van der Waals surface area contributed by atoms with Crippen molar-refractivity contribution in [2.45, 2.75) is 6.43 Å². The Kier molecular flexibility index (Phi) is 4.46. The number of amides is 1. The number of anilines is 1. The van der Waals surface area contributed by atoms with Crippen LogP contribution in [0.5, 0.6) is 0 Å². The van der Waals surface area contributed by atoms with E-state index in [9.17, 15) is 23.7 Å². The number of nitrogens with one attached hydrogen (secondary N) is 2. The molecule has 0 atom stereocenters. The third kappa shape index (κ3) is 3.34. The van der Waals surface area contributed by atoms with E-state index < -0.39 is 29.5 Å². The number of hydrogen-bond acceptors (Lipinski definition) is 5. The van der Waals surface area contributed by atoms with Crippen molar-refractivity contribution >= 4 is 17.4 Å². The molecule has 0 saturated carbocycles. The summed E-state index contributed by atoms with van der Waals surface area (Å²) in [4.78, 5) is 25.0. The number of nitro groups is 1. The lowest BCUT2D eigenvalue weighted by Crippen LogP contribution is -2.29. The first-order valence-electron chi connectivity index (χ1n) is 4.84. The molecule has 0 aromatic carbocycles. The fourth-order valence-corrected chi connectivity index (χ4v) is 1.19. The Bertz CT molecular complexity index is 467. The van der Waals surface area contributed by atoms with Crippen molar-refractivity contribution in [2.75, 3.05) is 18.9 Å². The predicted molar refractivity (Wildman–Crippen MR) is 58.8 cm³/mol. The molecule has 1 heterocycles. The number of halogens is 2. The number of rotatable bonds is 5. The highest BCUT2D eigenvalue weighted by Gasteiger charge is 2.18. The maximum atomic E-state index is 11.9. The van der Waals surface area contributed by atoms with Crippen LogP contribution in [-0.2, 0) is 0 Å². The van der Waals surface area contributed by atoms with Gasteiger partial charge >= 0.3 is 0 Å². The molecule has 1 amide bonds. The molecule has 7 nitrogen and oxygen atoms in total. The van der Waals surface area contributed by atoms with Crippen molar-refractivity contribution in [1.82, 2.24) is 10.3 Å². The zero-order valence-corrected chi connectivity index (χ0v) is 9.31. The smallest absolute Gasteiger partial charge is 0.288 e. The first-order valence-corrected chi connectivity index (χ1v) is 4.84. The van der Waals surface area contributed by atoms with Crippen LogP contribution in [0.1, 0.15) is 10.4 Å². The van der Waals surface area contributed by atoms with Crippen LogP contribution in [-0.4, -0.2) is 35.8 Å². The van der Waals surface area contributed by atoms with E-state index in [0.717, 1.165) is 12.3 Å². The Hall–Kier alpha value is -2.32. The van der Waals surface area contributed by atoms with Crippen LogP contribution in [0.2, 0.25) is 0 Å². The fourth-order valence-electron chi connectivity index (χ4n) is 1.19. The monoisotopic (exact) mass is 260 g/mol. The average Bonchev–Trinajstić information content (AvgIpc) is 2.34. The third-order valence-electron chi connectivity index (χ3n) is 1.98. The Morgan fingerprint density at radius 2 is 2.28 bits per heavy atom. The van der Waals surface area contributed by atoms with E-state index in [-0.39, 0.29) is 11.4 Å². The van der Waals surface area contributed by atoms with Crippen molar-refractivity contribution in [2.24, 2.45) is 0 Å². The lowest BCUT2D eigenvalue weighted by Gasteiger charge is -2.08. The van der Waals surface area contributed by atoms with Gasteiger partial charge in [0.25, 0.3) is 18.0 Å². The minimum atomic E-state index is -2.70. The molecule has 0 aliphatic rings. The second-order valence-electron chi connectivity index (χ2n) is 3.20. The van der Waals surface area contributed by atoms with Gasteiger partial charge in [-0.1, -0.05) is 0 Å². The zero-order chi connectivity index (χ0) is 13.7. The summed E-state index contributed by atoms with van der Waals surface area (Å²) in [6.07, 6.45) is -1.73. The Morgan fingerprint density at radius 3 is 2.78 bits per heavy atom. The highest BCUT2D eigenvalue weighted by Crippen LogP contribution is 2.18. The molecular weight excluding hydrogens is 250 g/mol. The van der Waals surface area contributed by atoms with E-state index in [2.05, 4.69) is 10.3 Å². The molecule has 0 spiro atoms. The summed E-state index contributed by atoms with van der Waals surface area (Å²) in [7, 11) is 1.46. The topological polar surface area (TPSA) is 97.2 Å². The maximum Gasteiger partial charge on any atom is 0.288 e. The molecule has 0 unspecified atom stereocenters. The Balaban J connectivity index is 3.00. The number of carbonyl (C=O) groups excluding carboxylic acids is 1. The van der Waals surface area contributed by atoms with Crippen LogP contribution >= 0.6 is 0 Å². The summed E-state index contributed by atoms with van der Waals surface area (Å²) in [6.45, 7) is -0.829. The van der Waals surface area contributed by atoms with Crippen LogP contribution in [0.3, 0.4) is 0 Å². The summed E-state index contributed by atoms with van der Waals surface area (Å²) in [5, 5.41) is 15.0. The van der Waals surface area contributed by atoms with Crippen molar-refractivity contribution in [3.05, 3.63) is 27.9 Å². The normalized spacial score (nSPS) is 10.2. The molecule has 0 bridgehead atoms. The first-order chi connectivity index (χ1) is 8.45. The SMILES string of the molecule is CNc1ncc([N+](=O)[O-])cc1C(=O)NCC(F)F. The molecule has 1 aromatic heterocycles. The molecule has 1 aromatic rings.